The van der Waals surface area contributed by atoms with E-state index in [0.29, 0.717) is 25.8 Å². The van der Waals surface area contributed by atoms with Crippen LogP contribution in [-0.4, -0.2) is 42.2 Å². The number of hydrogen-bond donors (Lipinski definition) is 1. The molecule has 1 heterocycles. The number of alkyl halides is 3. The summed E-state index contributed by atoms with van der Waals surface area (Å²) in [5.74, 6) is -1.73. The zero-order valence-corrected chi connectivity index (χ0v) is 15.7. The molecule has 2 atom stereocenters. The SMILES string of the molecule is O=C(N(CCc1ccccc1)[C@H]1CCN[C@H](Cc2ccccc2)C1)C(F)(F)F. The molecule has 1 aliphatic heterocycles. The van der Waals surface area contributed by atoms with Crippen LogP contribution < -0.4 is 5.32 Å². The van der Waals surface area contributed by atoms with Crippen molar-refractivity contribution in [2.75, 3.05) is 13.1 Å². The normalized spacial score (nSPS) is 20.0. The fraction of sp³-hybridized carbons (Fsp3) is 0.409. The molecule has 1 fully saturated rings. The van der Waals surface area contributed by atoms with Crippen molar-refractivity contribution in [2.24, 2.45) is 0 Å². The van der Waals surface area contributed by atoms with Crippen molar-refractivity contribution in [1.82, 2.24) is 10.2 Å². The van der Waals surface area contributed by atoms with Gasteiger partial charge >= 0.3 is 12.1 Å². The maximum atomic E-state index is 13.2. The predicted octanol–water partition coefficient (Wildman–Crippen LogP) is 3.98. The summed E-state index contributed by atoms with van der Waals surface area (Å²) in [5, 5.41) is 3.38. The number of hydrogen-bond acceptors (Lipinski definition) is 2. The smallest absolute Gasteiger partial charge is 0.331 e. The van der Waals surface area contributed by atoms with Crippen LogP contribution in [0.4, 0.5) is 13.2 Å². The fourth-order valence-corrected chi connectivity index (χ4v) is 3.83. The van der Waals surface area contributed by atoms with E-state index in [1.807, 2.05) is 60.7 Å². The minimum atomic E-state index is -4.85. The second-order valence-corrected chi connectivity index (χ2v) is 7.25. The van der Waals surface area contributed by atoms with E-state index in [9.17, 15) is 18.0 Å². The summed E-state index contributed by atoms with van der Waals surface area (Å²) in [7, 11) is 0. The van der Waals surface area contributed by atoms with Gasteiger partial charge in [-0.2, -0.15) is 13.2 Å². The second kappa shape index (κ2) is 9.24. The number of piperidine rings is 1. The largest absolute Gasteiger partial charge is 0.471 e. The standard InChI is InChI=1S/C22H25F3N2O/c23-22(24,25)21(28)27(14-12-17-7-3-1-4-8-17)20-11-13-26-19(16-20)15-18-9-5-2-6-10-18/h1-10,19-20,26H,11-16H2/t19-,20+/m1/s1. The topological polar surface area (TPSA) is 32.3 Å². The van der Waals surface area contributed by atoms with Gasteiger partial charge in [0.15, 0.2) is 0 Å². The van der Waals surface area contributed by atoms with Gasteiger partial charge in [-0.3, -0.25) is 4.79 Å². The highest BCUT2D eigenvalue weighted by Gasteiger charge is 2.45. The average molecular weight is 390 g/mol. The van der Waals surface area contributed by atoms with Gasteiger partial charge in [0, 0.05) is 18.6 Å². The lowest BCUT2D eigenvalue weighted by Crippen LogP contribution is -2.54. The Labute approximate surface area is 163 Å². The van der Waals surface area contributed by atoms with E-state index in [4.69, 9.17) is 0 Å². The molecule has 1 aliphatic rings. The van der Waals surface area contributed by atoms with Crippen molar-refractivity contribution in [3.05, 3.63) is 71.8 Å². The van der Waals surface area contributed by atoms with Crippen LogP contribution >= 0.6 is 0 Å². The van der Waals surface area contributed by atoms with Gasteiger partial charge in [-0.05, 0) is 43.4 Å². The molecule has 1 saturated heterocycles. The summed E-state index contributed by atoms with van der Waals surface area (Å²) in [6, 6.07) is 18.8. The Morgan fingerprint density at radius 3 is 2.21 bits per heavy atom. The van der Waals surface area contributed by atoms with E-state index in [-0.39, 0.29) is 12.6 Å². The predicted molar refractivity (Wildman–Crippen MR) is 103 cm³/mol. The van der Waals surface area contributed by atoms with E-state index in [0.717, 1.165) is 22.4 Å². The zero-order valence-electron chi connectivity index (χ0n) is 15.7. The molecule has 28 heavy (non-hydrogen) atoms. The second-order valence-electron chi connectivity index (χ2n) is 7.25. The molecule has 2 aromatic rings. The Balaban J connectivity index is 1.70. The molecule has 0 radical (unpaired) electrons. The molecule has 3 rings (SSSR count). The Bertz CT molecular complexity index is 749. The minimum absolute atomic E-state index is 0.0569. The van der Waals surface area contributed by atoms with Crippen LogP contribution in [0.25, 0.3) is 0 Å². The maximum Gasteiger partial charge on any atom is 0.471 e. The van der Waals surface area contributed by atoms with Crippen molar-refractivity contribution in [3.8, 4) is 0 Å². The molecule has 0 aromatic heterocycles. The number of amides is 1. The van der Waals surface area contributed by atoms with Gasteiger partial charge < -0.3 is 10.2 Å². The summed E-state index contributed by atoms with van der Waals surface area (Å²) >= 11 is 0. The Kier molecular flexibility index (Phi) is 6.73. The van der Waals surface area contributed by atoms with Crippen LogP contribution in [0.15, 0.2) is 60.7 Å². The number of rotatable bonds is 6. The maximum absolute atomic E-state index is 13.2. The number of nitrogens with one attached hydrogen (secondary N) is 1. The molecule has 0 unspecified atom stereocenters. The molecule has 150 valence electrons. The van der Waals surface area contributed by atoms with Crippen LogP contribution in [0.3, 0.4) is 0 Å². The fourth-order valence-electron chi connectivity index (χ4n) is 3.83. The quantitative estimate of drug-likeness (QED) is 0.809. The number of halogens is 3. The first-order valence-electron chi connectivity index (χ1n) is 9.62. The monoisotopic (exact) mass is 390 g/mol. The molecular weight excluding hydrogens is 365 g/mol. The van der Waals surface area contributed by atoms with Crippen molar-refractivity contribution in [3.63, 3.8) is 0 Å². The lowest BCUT2D eigenvalue weighted by molar-refractivity contribution is -0.188. The first-order chi connectivity index (χ1) is 13.4. The van der Waals surface area contributed by atoms with Crippen LogP contribution in [0.1, 0.15) is 24.0 Å². The van der Waals surface area contributed by atoms with Gasteiger partial charge in [0.05, 0.1) is 0 Å². The van der Waals surface area contributed by atoms with Gasteiger partial charge in [0.2, 0.25) is 0 Å². The van der Waals surface area contributed by atoms with Crippen LogP contribution in [0.2, 0.25) is 0 Å². The third-order valence-electron chi connectivity index (χ3n) is 5.22. The third kappa shape index (κ3) is 5.58. The molecular formula is C22H25F3N2O. The Morgan fingerprint density at radius 1 is 1.00 bits per heavy atom. The van der Waals surface area contributed by atoms with Crippen LogP contribution in [-0.2, 0) is 17.6 Å². The van der Waals surface area contributed by atoms with Gasteiger partial charge in [0.25, 0.3) is 0 Å². The van der Waals surface area contributed by atoms with E-state index < -0.39 is 18.1 Å². The molecule has 3 nitrogen and oxygen atoms in total. The van der Waals surface area contributed by atoms with Gasteiger partial charge in [0.1, 0.15) is 0 Å². The lowest BCUT2D eigenvalue weighted by atomic mass is 9.92. The number of benzene rings is 2. The molecule has 0 aliphatic carbocycles. The van der Waals surface area contributed by atoms with Gasteiger partial charge in [-0.1, -0.05) is 60.7 Å². The summed E-state index contributed by atoms with van der Waals surface area (Å²) < 4.78 is 39.7. The highest BCUT2D eigenvalue weighted by atomic mass is 19.4. The van der Waals surface area contributed by atoms with Crippen molar-refractivity contribution in [2.45, 2.75) is 43.9 Å². The van der Waals surface area contributed by atoms with E-state index in [1.54, 1.807) is 0 Å². The van der Waals surface area contributed by atoms with E-state index in [2.05, 4.69) is 5.32 Å². The molecule has 6 heteroatoms. The molecule has 1 N–H and O–H groups in total. The lowest BCUT2D eigenvalue weighted by Gasteiger charge is -2.38. The third-order valence-corrected chi connectivity index (χ3v) is 5.22. The van der Waals surface area contributed by atoms with Crippen LogP contribution in [0, 0.1) is 0 Å². The van der Waals surface area contributed by atoms with E-state index >= 15 is 0 Å². The van der Waals surface area contributed by atoms with Crippen molar-refractivity contribution < 1.29 is 18.0 Å². The summed E-state index contributed by atoms with van der Waals surface area (Å²) in [4.78, 5) is 13.2. The number of carbonyl (C=O) groups is 1. The first-order valence-corrected chi connectivity index (χ1v) is 9.62. The average Bonchev–Trinajstić information content (AvgIpc) is 2.69. The first kappa shape index (κ1) is 20.4. The van der Waals surface area contributed by atoms with Gasteiger partial charge in [-0.25, -0.2) is 0 Å². The van der Waals surface area contributed by atoms with Gasteiger partial charge in [-0.15, -0.1) is 0 Å². The molecule has 0 saturated carbocycles. The molecule has 0 spiro atoms. The van der Waals surface area contributed by atoms with Crippen molar-refractivity contribution in [1.29, 1.82) is 0 Å². The number of nitrogens with zero attached hydrogens (tertiary/aromatic N) is 1. The zero-order chi connectivity index (χ0) is 20.0. The van der Waals surface area contributed by atoms with Crippen molar-refractivity contribution >= 4 is 5.91 Å². The molecule has 0 bridgehead atoms. The summed E-state index contributed by atoms with van der Waals surface area (Å²) in [6.45, 7) is 0.681. The summed E-state index contributed by atoms with van der Waals surface area (Å²) in [6.07, 6.45) is -2.65. The Morgan fingerprint density at radius 2 is 1.61 bits per heavy atom. The highest BCUT2D eigenvalue weighted by molar-refractivity contribution is 5.82. The minimum Gasteiger partial charge on any atom is -0.331 e. The summed E-state index contributed by atoms with van der Waals surface area (Å²) in [5.41, 5.74) is 2.07. The highest BCUT2D eigenvalue weighted by Crippen LogP contribution is 2.25. The Hall–Kier alpha value is -2.34. The number of carbonyl (C=O) groups excluding carboxylic acids is 1. The van der Waals surface area contributed by atoms with E-state index in [1.165, 1.54) is 0 Å². The molecule has 1 amide bonds. The van der Waals surface area contributed by atoms with Crippen LogP contribution in [0.5, 0.6) is 0 Å². The molecule has 2 aromatic carbocycles.